The van der Waals surface area contributed by atoms with Gasteiger partial charge in [0.1, 0.15) is 5.52 Å². The monoisotopic (exact) mass is 192 g/mol. The van der Waals surface area contributed by atoms with Crippen LogP contribution < -0.4 is 16.6 Å². The molecule has 0 aliphatic rings. The highest BCUT2D eigenvalue weighted by molar-refractivity contribution is 5.88. The van der Waals surface area contributed by atoms with E-state index < -0.39 is 6.03 Å². The van der Waals surface area contributed by atoms with E-state index in [0.29, 0.717) is 11.4 Å². The number of benzene rings is 1. The molecule has 0 saturated heterocycles. The van der Waals surface area contributed by atoms with Crippen molar-refractivity contribution < 1.29 is 9.32 Å². The number of urea groups is 1. The summed E-state index contributed by atoms with van der Waals surface area (Å²) >= 11 is 0. The first-order valence-electron chi connectivity index (χ1n) is 3.93. The van der Waals surface area contributed by atoms with E-state index in [1.54, 1.807) is 6.07 Å². The SMILES string of the molecule is NC(=O)NNc1onc2ccccc12. The summed E-state index contributed by atoms with van der Waals surface area (Å²) in [5.74, 6) is 0.361. The van der Waals surface area contributed by atoms with Crippen molar-refractivity contribution in [2.45, 2.75) is 0 Å². The van der Waals surface area contributed by atoms with Gasteiger partial charge in [0.05, 0.1) is 5.39 Å². The molecule has 0 saturated carbocycles. The topological polar surface area (TPSA) is 93.2 Å². The van der Waals surface area contributed by atoms with Crippen molar-refractivity contribution in [3.8, 4) is 0 Å². The third-order valence-corrected chi connectivity index (χ3v) is 1.68. The Morgan fingerprint density at radius 1 is 1.43 bits per heavy atom. The average molecular weight is 192 g/mol. The van der Waals surface area contributed by atoms with Crippen LogP contribution in [0.3, 0.4) is 0 Å². The molecule has 1 aromatic carbocycles. The molecule has 2 amide bonds. The molecule has 0 spiro atoms. The van der Waals surface area contributed by atoms with Gasteiger partial charge in [0.25, 0.3) is 5.88 Å². The molecule has 6 nitrogen and oxygen atoms in total. The van der Waals surface area contributed by atoms with Gasteiger partial charge in [0, 0.05) is 0 Å². The molecule has 72 valence electrons. The maximum atomic E-state index is 10.4. The van der Waals surface area contributed by atoms with E-state index in [-0.39, 0.29) is 0 Å². The molecular formula is C8H8N4O2. The molecule has 14 heavy (non-hydrogen) atoms. The summed E-state index contributed by atoms with van der Waals surface area (Å²) in [4.78, 5) is 10.4. The molecule has 0 unspecified atom stereocenters. The van der Waals surface area contributed by atoms with Crippen molar-refractivity contribution in [1.29, 1.82) is 0 Å². The van der Waals surface area contributed by atoms with Crippen molar-refractivity contribution in [3.63, 3.8) is 0 Å². The van der Waals surface area contributed by atoms with E-state index in [9.17, 15) is 4.79 Å². The molecule has 1 heterocycles. The highest BCUT2D eigenvalue weighted by Gasteiger charge is 2.06. The Morgan fingerprint density at radius 3 is 3.00 bits per heavy atom. The summed E-state index contributed by atoms with van der Waals surface area (Å²) in [5.41, 5.74) is 10.3. The zero-order valence-corrected chi connectivity index (χ0v) is 7.15. The number of nitrogens with one attached hydrogen (secondary N) is 2. The fraction of sp³-hybridized carbons (Fsp3) is 0. The number of carbonyl (C=O) groups is 1. The van der Waals surface area contributed by atoms with Gasteiger partial charge in [0.2, 0.25) is 0 Å². The van der Waals surface area contributed by atoms with E-state index in [2.05, 4.69) is 16.0 Å². The zero-order valence-electron chi connectivity index (χ0n) is 7.15. The first-order chi connectivity index (χ1) is 6.77. The van der Waals surface area contributed by atoms with Crippen LogP contribution in [0.25, 0.3) is 10.9 Å². The number of rotatable bonds is 2. The van der Waals surface area contributed by atoms with Crippen molar-refractivity contribution in [2.75, 3.05) is 5.43 Å². The molecule has 0 radical (unpaired) electrons. The van der Waals surface area contributed by atoms with Crippen molar-refractivity contribution >= 4 is 22.8 Å². The van der Waals surface area contributed by atoms with Gasteiger partial charge in [-0.2, -0.15) is 0 Å². The van der Waals surface area contributed by atoms with Gasteiger partial charge in [-0.05, 0) is 12.1 Å². The lowest BCUT2D eigenvalue weighted by molar-refractivity contribution is 0.250. The summed E-state index contributed by atoms with van der Waals surface area (Å²) in [6.45, 7) is 0. The predicted octanol–water partition coefficient (Wildman–Crippen LogP) is 0.823. The quantitative estimate of drug-likeness (QED) is 0.614. The van der Waals surface area contributed by atoms with Crippen LogP contribution in [0.5, 0.6) is 0 Å². The number of nitrogens with zero attached hydrogens (tertiary/aromatic N) is 1. The maximum absolute atomic E-state index is 10.4. The number of fused-ring (bicyclic) bond motifs is 1. The molecule has 0 aliphatic heterocycles. The number of amides is 2. The van der Waals surface area contributed by atoms with Crippen molar-refractivity contribution in [3.05, 3.63) is 24.3 Å². The Balaban J connectivity index is 2.29. The molecule has 1 aromatic heterocycles. The van der Waals surface area contributed by atoms with Gasteiger partial charge >= 0.3 is 6.03 Å². The first kappa shape index (κ1) is 8.36. The minimum Gasteiger partial charge on any atom is -0.350 e. The lowest BCUT2D eigenvalue weighted by Gasteiger charge is -2.00. The highest BCUT2D eigenvalue weighted by Crippen LogP contribution is 2.21. The zero-order chi connectivity index (χ0) is 9.97. The minimum absolute atomic E-state index is 0.361. The van der Waals surface area contributed by atoms with Gasteiger partial charge < -0.3 is 10.3 Å². The van der Waals surface area contributed by atoms with Crippen LogP contribution in [-0.4, -0.2) is 11.2 Å². The number of primary amides is 1. The Kier molecular flexibility index (Phi) is 1.94. The summed E-state index contributed by atoms with van der Waals surface area (Å²) < 4.78 is 4.93. The van der Waals surface area contributed by atoms with Crippen LogP contribution in [0.1, 0.15) is 0 Å². The van der Waals surface area contributed by atoms with Crippen LogP contribution in [0, 0.1) is 0 Å². The van der Waals surface area contributed by atoms with Gasteiger partial charge in [0.15, 0.2) is 0 Å². The second-order valence-electron chi connectivity index (χ2n) is 2.64. The average Bonchev–Trinajstić information content (AvgIpc) is 2.58. The Labute approximate surface area is 79.0 Å². The van der Waals surface area contributed by atoms with E-state index in [1.165, 1.54) is 0 Å². The molecule has 0 atom stereocenters. The number of carbonyl (C=O) groups excluding carboxylic acids is 1. The van der Waals surface area contributed by atoms with Crippen LogP contribution >= 0.6 is 0 Å². The molecule has 0 fully saturated rings. The standard InChI is InChI=1S/C8H8N4O2/c9-8(13)11-10-7-5-3-1-2-4-6(5)12-14-7/h1-4,10H,(H3,9,11,13). The second-order valence-corrected chi connectivity index (χ2v) is 2.64. The molecule has 0 aliphatic carbocycles. The summed E-state index contributed by atoms with van der Waals surface area (Å²) in [7, 11) is 0. The van der Waals surface area contributed by atoms with Crippen LogP contribution in [0.4, 0.5) is 10.7 Å². The van der Waals surface area contributed by atoms with Gasteiger partial charge in [-0.1, -0.05) is 17.3 Å². The van der Waals surface area contributed by atoms with E-state index >= 15 is 0 Å². The first-order valence-corrected chi connectivity index (χ1v) is 3.93. The molecule has 0 bridgehead atoms. The second kappa shape index (κ2) is 3.25. The van der Waals surface area contributed by atoms with Gasteiger partial charge in [-0.15, -0.1) is 0 Å². The summed E-state index contributed by atoms with van der Waals surface area (Å²) in [5, 5.41) is 4.55. The van der Waals surface area contributed by atoms with Crippen LogP contribution in [0.2, 0.25) is 0 Å². The third kappa shape index (κ3) is 1.45. The van der Waals surface area contributed by atoms with Crippen molar-refractivity contribution in [1.82, 2.24) is 10.6 Å². The lowest BCUT2D eigenvalue weighted by Crippen LogP contribution is -2.34. The van der Waals surface area contributed by atoms with E-state index in [1.807, 2.05) is 18.2 Å². The third-order valence-electron chi connectivity index (χ3n) is 1.68. The Hall–Kier alpha value is -2.24. The fourth-order valence-corrected chi connectivity index (χ4v) is 1.10. The smallest absolute Gasteiger partial charge is 0.330 e. The summed E-state index contributed by atoms with van der Waals surface area (Å²) in [6, 6.07) is 6.61. The highest BCUT2D eigenvalue weighted by atomic mass is 16.5. The fourth-order valence-electron chi connectivity index (χ4n) is 1.10. The maximum Gasteiger partial charge on any atom is 0.330 e. The number of hydrogen-bond acceptors (Lipinski definition) is 4. The van der Waals surface area contributed by atoms with E-state index in [0.717, 1.165) is 5.39 Å². The normalized spacial score (nSPS) is 10.0. The molecule has 4 N–H and O–H groups in total. The number of nitrogens with two attached hydrogens (primary N) is 1. The van der Waals surface area contributed by atoms with Crippen LogP contribution in [0.15, 0.2) is 28.8 Å². The largest absolute Gasteiger partial charge is 0.350 e. The molecule has 2 aromatic rings. The molecule has 6 heteroatoms. The minimum atomic E-state index is -0.689. The summed E-state index contributed by atoms with van der Waals surface area (Å²) in [6.07, 6.45) is 0. The number of anilines is 1. The van der Waals surface area contributed by atoms with Crippen molar-refractivity contribution in [2.24, 2.45) is 5.73 Å². The Bertz CT molecular complexity index is 465. The number of hydrazine groups is 1. The van der Waals surface area contributed by atoms with Gasteiger partial charge in [-0.3, -0.25) is 5.43 Å². The van der Waals surface area contributed by atoms with E-state index in [4.69, 9.17) is 10.3 Å². The van der Waals surface area contributed by atoms with Crippen LogP contribution in [-0.2, 0) is 0 Å². The lowest BCUT2D eigenvalue weighted by atomic mass is 10.2. The number of aromatic nitrogens is 1. The molecular weight excluding hydrogens is 184 g/mol. The predicted molar refractivity (Wildman–Crippen MR) is 50.4 cm³/mol. The Morgan fingerprint density at radius 2 is 2.21 bits per heavy atom. The molecule has 2 rings (SSSR count). The number of hydrogen-bond donors (Lipinski definition) is 3. The van der Waals surface area contributed by atoms with Gasteiger partial charge in [-0.25, -0.2) is 10.2 Å².